The smallest absolute Gasteiger partial charge is 0.270 e. The van der Waals surface area contributed by atoms with Crippen molar-refractivity contribution in [3.8, 4) is 17.1 Å². The lowest BCUT2D eigenvalue weighted by atomic mass is 10.1. The van der Waals surface area contributed by atoms with Gasteiger partial charge in [-0.25, -0.2) is 0 Å². The number of nitro groups is 1. The maximum absolute atomic E-state index is 12.6. The van der Waals surface area contributed by atoms with Crippen molar-refractivity contribution in [1.82, 2.24) is 14.8 Å². The number of aromatic nitrogens is 3. The fourth-order valence-electron chi connectivity index (χ4n) is 3.27. The van der Waals surface area contributed by atoms with E-state index in [-0.39, 0.29) is 17.3 Å². The highest BCUT2D eigenvalue weighted by Crippen LogP contribution is 2.29. The molecule has 33 heavy (non-hydrogen) atoms. The Morgan fingerprint density at radius 3 is 2.52 bits per heavy atom. The van der Waals surface area contributed by atoms with Gasteiger partial charge in [0.15, 0.2) is 11.0 Å². The van der Waals surface area contributed by atoms with Crippen LogP contribution in [0.2, 0.25) is 0 Å². The molecule has 1 aromatic heterocycles. The highest BCUT2D eigenvalue weighted by atomic mass is 32.2. The van der Waals surface area contributed by atoms with Crippen molar-refractivity contribution in [3.05, 3.63) is 94.0 Å². The van der Waals surface area contributed by atoms with Crippen LogP contribution in [0.4, 0.5) is 11.4 Å². The topological polar surface area (TPSA) is 103 Å². The van der Waals surface area contributed by atoms with E-state index in [1.807, 2.05) is 62.4 Å². The number of carbonyl (C=O) groups is 1. The zero-order valence-corrected chi connectivity index (χ0v) is 18.9. The first-order valence-electron chi connectivity index (χ1n) is 10.2. The fourth-order valence-corrected chi connectivity index (χ4v) is 4.02. The number of thioether (sulfide) groups is 1. The summed E-state index contributed by atoms with van der Waals surface area (Å²) in [6, 6.07) is 21.5. The summed E-state index contributed by atoms with van der Waals surface area (Å²) in [5, 5.41) is 23.2. The fraction of sp³-hybridized carbons (Fsp3) is 0.125. The molecule has 0 radical (unpaired) electrons. The van der Waals surface area contributed by atoms with Crippen molar-refractivity contribution in [3.63, 3.8) is 0 Å². The summed E-state index contributed by atoms with van der Waals surface area (Å²) in [4.78, 5) is 23.3. The normalized spacial score (nSPS) is 10.7. The molecule has 1 heterocycles. The Balaban J connectivity index is 1.61. The summed E-state index contributed by atoms with van der Waals surface area (Å²) in [5.74, 6) is 0.428. The summed E-state index contributed by atoms with van der Waals surface area (Å²) in [5.41, 5.74) is 4.33. The van der Waals surface area contributed by atoms with E-state index in [1.165, 1.54) is 23.9 Å². The number of rotatable bonds is 7. The van der Waals surface area contributed by atoms with Gasteiger partial charge in [0.1, 0.15) is 0 Å². The summed E-state index contributed by atoms with van der Waals surface area (Å²) >= 11 is 1.25. The second-order valence-electron chi connectivity index (χ2n) is 7.42. The second kappa shape index (κ2) is 9.66. The highest BCUT2D eigenvalue weighted by Gasteiger charge is 2.19. The van der Waals surface area contributed by atoms with Gasteiger partial charge in [-0.3, -0.25) is 19.5 Å². The Kier molecular flexibility index (Phi) is 6.50. The monoisotopic (exact) mass is 459 g/mol. The summed E-state index contributed by atoms with van der Waals surface area (Å²) < 4.78 is 1.80. The van der Waals surface area contributed by atoms with Crippen LogP contribution in [0, 0.1) is 24.0 Å². The predicted octanol–water partition coefficient (Wildman–Crippen LogP) is 5.19. The molecule has 0 aliphatic carbocycles. The number of benzene rings is 3. The summed E-state index contributed by atoms with van der Waals surface area (Å²) in [7, 11) is 0. The standard InChI is InChI=1S/C24H21N5O3S/c1-16-11-12-19(13-17(16)2)25-22(30)15-33-24-27-26-23(28(24)20-8-4-3-5-9-20)18-7-6-10-21(14-18)29(31)32/h3-14H,15H2,1-2H3,(H,25,30). The first-order chi connectivity index (χ1) is 15.9. The van der Waals surface area contributed by atoms with Crippen LogP contribution in [0.15, 0.2) is 78.0 Å². The molecule has 0 fully saturated rings. The van der Waals surface area contributed by atoms with Crippen LogP contribution in [0.5, 0.6) is 0 Å². The zero-order chi connectivity index (χ0) is 23.4. The largest absolute Gasteiger partial charge is 0.325 e. The van der Waals surface area contributed by atoms with Crippen LogP contribution in [-0.2, 0) is 4.79 Å². The van der Waals surface area contributed by atoms with Gasteiger partial charge in [0.25, 0.3) is 5.69 Å². The summed E-state index contributed by atoms with van der Waals surface area (Å²) in [6.45, 7) is 4.02. The molecule has 1 N–H and O–H groups in total. The van der Waals surface area contributed by atoms with Crippen LogP contribution in [0.25, 0.3) is 17.1 Å². The molecule has 0 spiro atoms. The quantitative estimate of drug-likeness (QED) is 0.232. The molecular formula is C24H21N5O3S. The van der Waals surface area contributed by atoms with E-state index < -0.39 is 4.92 Å². The molecule has 0 bridgehead atoms. The van der Waals surface area contributed by atoms with E-state index in [1.54, 1.807) is 16.7 Å². The molecule has 0 aliphatic rings. The minimum atomic E-state index is -0.445. The molecule has 3 aromatic carbocycles. The molecule has 9 heteroatoms. The molecule has 0 aliphatic heterocycles. The zero-order valence-electron chi connectivity index (χ0n) is 18.1. The van der Waals surface area contributed by atoms with Gasteiger partial charge in [-0.1, -0.05) is 48.2 Å². The van der Waals surface area contributed by atoms with E-state index in [2.05, 4.69) is 15.5 Å². The second-order valence-corrected chi connectivity index (χ2v) is 8.36. The Morgan fingerprint density at radius 1 is 1.00 bits per heavy atom. The number of non-ortho nitro benzene ring substituents is 1. The van der Waals surface area contributed by atoms with E-state index in [4.69, 9.17) is 0 Å². The molecule has 8 nitrogen and oxygen atoms in total. The lowest BCUT2D eigenvalue weighted by Gasteiger charge is -2.11. The third-order valence-electron chi connectivity index (χ3n) is 5.09. The molecule has 166 valence electrons. The molecule has 1 amide bonds. The molecule has 4 rings (SSSR count). The molecule has 0 atom stereocenters. The van der Waals surface area contributed by atoms with Gasteiger partial charge in [-0.2, -0.15) is 0 Å². The Morgan fingerprint density at radius 2 is 1.79 bits per heavy atom. The third kappa shape index (κ3) is 5.09. The van der Waals surface area contributed by atoms with Crippen LogP contribution in [0.3, 0.4) is 0 Å². The van der Waals surface area contributed by atoms with E-state index >= 15 is 0 Å². The van der Waals surface area contributed by atoms with E-state index in [9.17, 15) is 14.9 Å². The third-order valence-corrected chi connectivity index (χ3v) is 6.01. The number of nitro benzene ring substituents is 1. The van der Waals surface area contributed by atoms with E-state index in [0.717, 1.165) is 22.5 Å². The number of amides is 1. The van der Waals surface area contributed by atoms with Crippen molar-refractivity contribution < 1.29 is 9.72 Å². The minimum Gasteiger partial charge on any atom is -0.325 e. The first-order valence-corrected chi connectivity index (χ1v) is 11.2. The van der Waals surface area contributed by atoms with Crippen LogP contribution in [-0.4, -0.2) is 31.3 Å². The first kappa shape index (κ1) is 22.2. The lowest BCUT2D eigenvalue weighted by molar-refractivity contribution is -0.384. The summed E-state index contributed by atoms with van der Waals surface area (Å²) in [6.07, 6.45) is 0. The van der Waals surface area contributed by atoms with Gasteiger partial charge >= 0.3 is 0 Å². The number of carbonyl (C=O) groups excluding carboxylic acids is 1. The van der Waals surface area contributed by atoms with Gasteiger partial charge in [-0.15, -0.1) is 10.2 Å². The Bertz CT molecular complexity index is 1320. The lowest BCUT2D eigenvalue weighted by Crippen LogP contribution is -2.14. The van der Waals surface area contributed by atoms with Gasteiger partial charge in [0.05, 0.1) is 10.7 Å². The van der Waals surface area contributed by atoms with Crippen molar-refractivity contribution in [2.45, 2.75) is 19.0 Å². The molecular weight excluding hydrogens is 438 g/mol. The van der Waals surface area contributed by atoms with Gasteiger partial charge in [0.2, 0.25) is 5.91 Å². The number of anilines is 1. The van der Waals surface area contributed by atoms with Crippen molar-refractivity contribution >= 4 is 29.0 Å². The van der Waals surface area contributed by atoms with Gasteiger partial charge in [-0.05, 0) is 49.2 Å². The predicted molar refractivity (Wildman–Crippen MR) is 129 cm³/mol. The Labute approximate surface area is 194 Å². The number of hydrogen-bond acceptors (Lipinski definition) is 6. The SMILES string of the molecule is Cc1ccc(NC(=O)CSc2nnc(-c3cccc([N+](=O)[O-])c3)n2-c2ccccc2)cc1C. The van der Waals surface area contributed by atoms with Crippen molar-refractivity contribution in [2.24, 2.45) is 0 Å². The van der Waals surface area contributed by atoms with Crippen LogP contribution >= 0.6 is 11.8 Å². The number of nitrogens with one attached hydrogen (secondary N) is 1. The van der Waals surface area contributed by atoms with Gasteiger partial charge < -0.3 is 5.32 Å². The molecule has 4 aromatic rings. The van der Waals surface area contributed by atoms with Crippen LogP contribution in [0.1, 0.15) is 11.1 Å². The molecule has 0 saturated heterocycles. The maximum atomic E-state index is 12.6. The number of para-hydroxylation sites is 1. The number of nitrogens with zero attached hydrogens (tertiary/aromatic N) is 4. The highest BCUT2D eigenvalue weighted by molar-refractivity contribution is 7.99. The van der Waals surface area contributed by atoms with Crippen LogP contribution < -0.4 is 5.32 Å². The van der Waals surface area contributed by atoms with Gasteiger partial charge in [0, 0.05) is 29.1 Å². The molecule has 0 unspecified atom stereocenters. The van der Waals surface area contributed by atoms with Crippen molar-refractivity contribution in [2.75, 3.05) is 11.1 Å². The van der Waals surface area contributed by atoms with E-state index in [0.29, 0.717) is 16.5 Å². The molecule has 0 saturated carbocycles. The maximum Gasteiger partial charge on any atom is 0.270 e. The average Bonchev–Trinajstić information content (AvgIpc) is 3.25. The van der Waals surface area contributed by atoms with Crippen molar-refractivity contribution in [1.29, 1.82) is 0 Å². The number of aryl methyl sites for hydroxylation is 2. The average molecular weight is 460 g/mol. The minimum absolute atomic E-state index is 0.0305. The Hall–Kier alpha value is -3.98. The number of hydrogen-bond donors (Lipinski definition) is 1.